The average Bonchev–Trinajstić information content (AvgIpc) is 2.94. The lowest BCUT2D eigenvalue weighted by Crippen LogP contribution is -2.43. The summed E-state index contributed by atoms with van der Waals surface area (Å²) in [4.78, 5) is 7.32. The third-order valence-corrected chi connectivity index (χ3v) is 5.46. The molecule has 8 heteroatoms. The molecule has 2 aromatic rings. The van der Waals surface area contributed by atoms with E-state index in [1.807, 2.05) is 6.92 Å². The largest absolute Gasteiger partial charge is 0.378 e. The summed E-state index contributed by atoms with van der Waals surface area (Å²) >= 11 is 0. The summed E-state index contributed by atoms with van der Waals surface area (Å²) in [6.45, 7) is 2.62. The molecule has 1 aromatic carbocycles. The minimum Gasteiger partial charge on any atom is -0.378 e. The molecule has 0 bridgehead atoms. The molecule has 1 aliphatic rings. The number of imidazole rings is 1. The Bertz CT molecular complexity index is 758. The zero-order chi connectivity index (χ0) is 15.7. The standard InChI is InChI=1S/C14H16FN3O3S/c1-10-8-16-14(17-10)13-9-21-7-6-18(13)22(19,20)12-4-2-11(15)3-5-12/h2-5,8,13H,6-7,9H2,1H3,(H,16,17)/t13-/m0/s1. The highest BCUT2D eigenvalue weighted by molar-refractivity contribution is 7.89. The van der Waals surface area contributed by atoms with E-state index in [0.29, 0.717) is 12.4 Å². The van der Waals surface area contributed by atoms with Gasteiger partial charge in [-0.25, -0.2) is 17.8 Å². The number of hydrogen-bond acceptors (Lipinski definition) is 4. The van der Waals surface area contributed by atoms with E-state index in [-0.39, 0.29) is 18.0 Å². The lowest BCUT2D eigenvalue weighted by atomic mass is 10.2. The van der Waals surface area contributed by atoms with Crippen LogP contribution in [-0.2, 0) is 14.8 Å². The molecule has 6 nitrogen and oxygen atoms in total. The van der Waals surface area contributed by atoms with Crippen LogP contribution in [0, 0.1) is 12.7 Å². The number of H-pyrrole nitrogens is 1. The number of halogens is 1. The second-order valence-electron chi connectivity index (χ2n) is 5.11. The predicted octanol–water partition coefficient (Wildman–Crippen LogP) is 1.62. The molecule has 1 aliphatic heterocycles. The lowest BCUT2D eigenvalue weighted by Gasteiger charge is -2.33. The molecular formula is C14H16FN3O3S. The Kier molecular flexibility index (Phi) is 3.98. The number of nitrogens with zero attached hydrogens (tertiary/aromatic N) is 2. The number of hydrogen-bond donors (Lipinski definition) is 1. The maximum absolute atomic E-state index is 13.0. The molecule has 0 aliphatic carbocycles. The number of benzene rings is 1. The highest BCUT2D eigenvalue weighted by Crippen LogP contribution is 2.28. The summed E-state index contributed by atoms with van der Waals surface area (Å²) in [6, 6.07) is 4.30. The van der Waals surface area contributed by atoms with Crippen molar-refractivity contribution in [1.29, 1.82) is 0 Å². The van der Waals surface area contributed by atoms with Crippen molar-refractivity contribution >= 4 is 10.0 Å². The van der Waals surface area contributed by atoms with Gasteiger partial charge in [-0.1, -0.05) is 0 Å². The molecule has 1 aromatic heterocycles. The maximum Gasteiger partial charge on any atom is 0.243 e. The van der Waals surface area contributed by atoms with Gasteiger partial charge in [-0.15, -0.1) is 0 Å². The Morgan fingerprint density at radius 3 is 2.73 bits per heavy atom. The molecule has 2 heterocycles. The molecule has 1 saturated heterocycles. The Morgan fingerprint density at radius 2 is 2.09 bits per heavy atom. The van der Waals surface area contributed by atoms with E-state index in [1.165, 1.54) is 16.4 Å². The van der Waals surface area contributed by atoms with Gasteiger partial charge in [0.1, 0.15) is 17.7 Å². The van der Waals surface area contributed by atoms with Gasteiger partial charge in [0, 0.05) is 18.4 Å². The van der Waals surface area contributed by atoms with Crippen LogP contribution in [0.1, 0.15) is 17.6 Å². The molecule has 1 atom stereocenters. The van der Waals surface area contributed by atoms with Crippen LogP contribution in [-0.4, -0.2) is 42.4 Å². The molecule has 0 spiro atoms. The van der Waals surface area contributed by atoms with Crippen molar-refractivity contribution in [3.05, 3.63) is 47.8 Å². The first-order chi connectivity index (χ1) is 10.5. The number of sulfonamides is 1. The van der Waals surface area contributed by atoms with Crippen LogP contribution < -0.4 is 0 Å². The third-order valence-electron chi connectivity index (χ3n) is 3.54. The van der Waals surface area contributed by atoms with Gasteiger partial charge >= 0.3 is 0 Å². The minimum atomic E-state index is -3.74. The van der Waals surface area contributed by atoms with Crippen LogP contribution in [0.25, 0.3) is 0 Å². The molecule has 3 rings (SSSR count). The van der Waals surface area contributed by atoms with Crippen LogP contribution in [0.15, 0.2) is 35.4 Å². The zero-order valence-corrected chi connectivity index (χ0v) is 12.8. The normalized spacial score (nSPS) is 20.2. The fraction of sp³-hybridized carbons (Fsp3) is 0.357. The number of nitrogens with one attached hydrogen (secondary N) is 1. The van der Waals surface area contributed by atoms with Gasteiger partial charge in [-0.2, -0.15) is 4.31 Å². The second kappa shape index (κ2) is 5.79. The first-order valence-electron chi connectivity index (χ1n) is 6.85. The molecule has 0 radical (unpaired) electrons. The number of aromatic nitrogens is 2. The van der Waals surface area contributed by atoms with E-state index in [4.69, 9.17) is 4.74 Å². The first kappa shape index (κ1) is 15.1. The number of ether oxygens (including phenoxy) is 1. The van der Waals surface area contributed by atoms with Gasteiger partial charge < -0.3 is 9.72 Å². The van der Waals surface area contributed by atoms with Gasteiger partial charge in [0.2, 0.25) is 10.0 Å². The van der Waals surface area contributed by atoms with Crippen molar-refractivity contribution in [2.75, 3.05) is 19.8 Å². The number of rotatable bonds is 3. The van der Waals surface area contributed by atoms with E-state index in [2.05, 4.69) is 9.97 Å². The Balaban J connectivity index is 1.97. The summed E-state index contributed by atoms with van der Waals surface area (Å²) in [5.41, 5.74) is 0.847. The highest BCUT2D eigenvalue weighted by Gasteiger charge is 2.36. The van der Waals surface area contributed by atoms with E-state index in [0.717, 1.165) is 17.8 Å². The highest BCUT2D eigenvalue weighted by atomic mass is 32.2. The monoisotopic (exact) mass is 325 g/mol. The van der Waals surface area contributed by atoms with Crippen LogP contribution >= 0.6 is 0 Å². The van der Waals surface area contributed by atoms with Crippen molar-refractivity contribution in [2.45, 2.75) is 17.9 Å². The van der Waals surface area contributed by atoms with Crippen molar-refractivity contribution in [2.24, 2.45) is 0 Å². The molecule has 0 unspecified atom stereocenters. The van der Waals surface area contributed by atoms with Crippen LogP contribution in [0.2, 0.25) is 0 Å². The number of morpholine rings is 1. The quantitative estimate of drug-likeness (QED) is 0.930. The van der Waals surface area contributed by atoms with Gasteiger partial charge in [0.05, 0.1) is 18.1 Å². The maximum atomic E-state index is 13.0. The SMILES string of the molecule is Cc1cnc([C@@H]2COCCN2S(=O)(=O)c2ccc(F)cc2)[nH]1. The van der Waals surface area contributed by atoms with Crippen LogP contribution in [0.4, 0.5) is 4.39 Å². The van der Waals surface area contributed by atoms with Gasteiger partial charge in [-0.05, 0) is 31.2 Å². The fourth-order valence-electron chi connectivity index (χ4n) is 2.44. The van der Waals surface area contributed by atoms with E-state index < -0.39 is 21.9 Å². The van der Waals surface area contributed by atoms with Gasteiger partial charge in [0.15, 0.2) is 0 Å². The summed E-state index contributed by atoms with van der Waals surface area (Å²) < 4.78 is 45.4. The predicted molar refractivity (Wildman–Crippen MR) is 77.2 cm³/mol. The summed E-state index contributed by atoms with van der Waals surface area (Å²) in [5, 5.41) is 0. The summed E-state index contributed by atoms with van der Waals surface area (Å²) in [5.74, 6) is 0.0713. The fourth-order valence-corrected chi connectivity index (χ4v) is 4.00. The topological polar surface area (TPSA) is 75.3 Å². The van der Waals surface area contributed by atoms with Crippen LogP contribution in [0.3, 0.4) is 0 Å². The zero-order valence-electron chi connectivity index (χ0n) is 12.0. The molecule has 0 amide bonds. The Morgan fingerprint density at radius 1 is 1.36 bits per heavy atom. The van der Waals surface area contributed by atoms with Crippen LogP contribution in [0.5, 0.6) is 0 Å². The molecule has 1 fully saturated rings. The van der Waals surface area contributed by atoms with Gasteiger partial charge in [-0.3, -0.25) is 0 Å². The molecular weight excluding hydrogens is 309 g/mol. The summed E-state index contributed by atoms with van der Waals surface area (Å²) in [7, 11) is -3.74. The smallest absolute Gasteiger partial charge is 0.243 e. The van der Waals surface area contributed by atoms with Crippen molar-refractivity contribution in [1.82, 2.24) is 14.3 Å². The van der Waals surface area contributed by atoms with Crippen molar-refractivity contribution in [3.8, 4) is 0 Å². The minimum absolute atomic E-state index is 0.0593. The molecule has 22 heavy (non-hydrogen) atoms. The second-order valence-corrected chi connectivity index (χ2v) is 7.00. The van der Waals surface area contributed by atoms with E-state index in [9.17, 15) is 12.8 Å². The van der Waals surface area contributed by atoms with Crippen molar-refractivity contribution < 1.29 is 17.5 Å². The van der Waals surface area contributed by atoms with E-state index in [1.54, 1.807) is 6.20 Å². The number of aromatic amines is 1. The Hall–Kier alpha value is -1.77. The van der Waals surface area contributed by atoms with Crippen molar-refractivity contribution in [3.63, 3.8) is 0 Å². The molecule has 118 valence electrons. The average molecular weight is 325 g/mol. The summed E-state index contributed by atoms with van der Waals surface area (Å²) in [6.07, 6.45) is 1.65. The molecule has 0 saturated carbocycles. The third kappa shape index (κ3) is 2.77. The first-order valence-corrected chi connectivity index (χ1v) is 8.29. The van der Waals surface area contributed by atoms with E-state index >= 15 is 0 Å². The number of aryl methyl sites for hydroxylation is 1. The molecule has 1 N–H and O–H groups in total. The lowest BCUT2D eigenvalue weighted by molar-refractivity contribution is 0.0292. The Labute approximate surface area is 128 Å². The van der Waals surface area contributed by atoms with Gasteiger partial charge in [0.25, 0.3) is 0 Å².